The van der Waals surface area contributed by atoms with Crippen molar-refractivity contribution in [2.45, 2.75) is 12.8 Å². The maximum Gasteiger partial charge on any atom is 0.339 e. The van der Waals surface area contributed by atoms with E-state index < -0.39 is 5.97 Å². The normalized spacial score (nSPS) is 13.4. The minimum Gasteiger partial charge on any atom is -0.496 e. The number of aryl methyl sites for hydroxylation is 1. The molecule has 0 aliphatic heterocycles. The Balaban J connectivity index is 2.57. The molecule has 0 atom stereocenters. The molecule has 0 saturated heterocycles. The van der Waals surface area contributed by atoms with E-state index in [1.54, 1.807) is 6.07 Å². The van der Waals surface area contributed by atoms with Gasteiger partial charge in [-0.2, -0.15) is 0 Å². The third-order valence-electron chi connectivity index (χ3n) is 2.57. The van der Waals surface area contributed by atoms with Crippen molar-refractivity contribution in [3.63, 3.8) is 0 Å². The van der Waals surface area contributed by atoms with Crippen LogP contribution in [0.3, 0.4) is 0 Å². The van der Waals surface area contributed by atoms with Gasteiger partial charge in [0.05, 0.1) is 7.11 Å². The summed E-state index contributed by atoms with van der Waals surface area (Å²) >= 11 is 0. The predicted octanol–water partition coefficient (Wildman–Crippen LogP) is 2.35. The van der Waals surface area contributed by atoms with Gasteiger partial charge in [0.1, 0.15) is 11.3 Å². The van der Waals surface area contributed by atoms with E-state index >= 15 is 0 Å². The first-order chi connectivity index (χ1) is 7.22. The van der Waals surface area contributed by atoms with Gasteiger partial charge in [-0.25, -0.2) is 4.79 Å². The second-order valence-corrected chi connectivity index (χ2v) is 3.50. The van der Waals surface area contributed by atoms with Crippen LogP contribution in [0.4, 0.5) is 0 Å². The summed E-state index contributed by atoms with van der Waals surface area (Å²) in [5.41, 5.74) is 2.36. The number of carboxylic acids is 1. The number of hydrogen-bond acceptors (Lipinski definition) is 2. The molecule has 0 fully saturated rings. The van der Waals surface area contributed by atoms with Crippen LogP contribution in [0.1, 0.15) is 27.9 Å². The number of hydrogen-bond donors (Lipinski definition) is 1. The first-order valence-corrected chi connectivity index (χ1v) is 4.83. The second-order valence-electron chi connectivity index (χ2n) is 3.50. The van der Waals surface area contributed by atoms with E-state index in [0.717, 1.165) is 24.0 Å². The van der Waals surface area contributed by atoms with E-state index in [1.807, 2.05) is 12.1 Å². The van der Waals surface area contributed by atoms with Crippen LogP contribution in [-0.2, 0) is 6.42 Å². The summed E-state index contributed by atoms with van der Waals surface area (Å²) in [5, 5.41) is 8.99. The van der Waals surface area contributed by atoms with E-state index in [9.17, 15) is 4.79 Å². The van der Waals surface area contributed by atoms with Crippen LogP contribution < -0.4 is 4.74 Å². The first kappa shape index (κ1) is 9.77. The highest BCUT2D eigenvalue weighted by atomic mass is 16.5. The van der Waals surface area contributed by atoms with Crippen molar-refractivity contribution in [1.29, 1.82) is 0 Å². The molecule has 3 heteroatoms. The monoisotopic (exact) mass is 204 g/mol. The maximum atomic E-state index is 11.0. The number of carbonyl (C=O) groups is 1. The minimum atomic E-state index is -0.950. The van der Waals surface area contributed by atoms with Crippen molar-refractivity contribution in [3.8, 4) is 5.75 Å². The zero-order valence-corrected chi connectivity index (χ0v) is 8.49. The molecule has 0 spiro atoms. The first-order valence-electron chi connectivity index (χ1n) is 4.83. The molecule has 1 aliphatic carbocycles. The molecule has 78 valence electrons. The Labute approximate surface area is 88.0 Å². The quantitative estimate of drug-likeness (QED) is 0.804. The number of methoxy groups -OCH3 is 1. The summed E-state index contributed by atoms with van der Waals surface area (Å²) < 4.78 is 5.07. The van der Waals surface area contributed by atoms with Gasteiger partial charge < -0.3 is 9.84 Å². The summed E-state index contributed by atoms with van der Waals surface area (Å²) in [7, 11) is 1.49. The van der Waals surface area contributed by atoms with Crippen LogP contribution in [-0.4, -0.2) is 18.2 Å². The molecule has 2 rings (SSSR count). The lowest BCUT2D eigenvalue weighted by atomic mass is 9.95. The second kappa shape index (κ2) is 3.77. The fourth-order valence-corrected chi connectivity index (χ4v) is 1.80. The Bertz CT molecular complexity index is 433. The van der Waals surface area contributed by atoms with Crippen molar-refractivity contribution >= 4 is 12.0 Å². The van der Waals surface area contributed by atoms with Crippen LogP contribution in [0.15, 0.2) is 18.2 Å². The maximum absolute atomic E-state index is 11.0. The van der Waals surface area contributed by atoms with Gasteiger partial charge in [-0.05, 0) is 36.1 Å². The molecular weight excluding hydrogens is 192 g/mol. The topological polar surface area (TPSA) is 46.5 Å². The Kier molecular flexibility index (Phi) is 2.46. The Morgan fingerprint density at radius 1 is 1.47 bits per heavy atom. The highest BCUT2D eigenvalue weighted by Gasteiger charge is 2.15. The molecule has 0 aromatic heterocycles. The molecule has 0 heterocycles. The molecule has 15 heavy (non-hydrogen) atoms. The van der Waals surface area contributed by atoms with Gasteiger partial charge in [-0.15, -0.1) is 0 Å². The lowest BCUT2D eigenvalue weighted by Crippen LogP contribution is -2.04. The molecule has 3 nitrogen and oxygen atoms in total. The Hall–Kier alpha value is -1.77. The molecule has 1 aromatic rings. The average molecular weight is 204 g/mol. The van der Waals surface area contributed by atoms with Gasteiger partial charge in [-0.3, -0.25) is 0 Å². The van der Waals surface area contributed by atoms with Gasteiger partial charge in [0.15, 0.2) is 0 Å². The van der Waals surface area contributed by atoms with Crippen LogP contribution in [0.5, 0.6) is 5.75 Å². The van der Waals surface area contributed by atoms with Crippen LogP contribution in [0.2, 0.25) is 0 Å². The zero-order chi connectivity index (χ0) is 10.8. The fourth-order valence-electron chi connectivity index (χ4n) is 1.80. The highest BCUT2D eigenvalue weighted by Crippen LogP contribution is 2.28. The molecule has 1 aromatic carbocycles. The standard InChI is InChI=1S/C12H12O3/c1-15-11-7-9-5-3-2-4-8(9)6-10(11)12(13)14/h2,4,6-7H,3,5H2,1H3,(H,13,14). The molecule has 1 aliphatic rings. The predicted molar refractivity (Wildman–Crippen MR) is 57.3 cm³/mol. The van der Waals surface area contributed by atoms with Gasteiger partial charge in [0.25, 0.3) is 0 Å². The highest BCUT2D eigenvalue weighted by molar-refractivity contribution is 5.92. The third kappa shape index (κ3) is 1.73. The van der Waals surface area contributed by atoms with Crippen molar-refractivity contribution in [1.82, 2.24) is 0 Å². The average Bonchev–Trinajstić information content (AvgIpc) is 2.27. The van der Waals surface area contributed by atoms with E-state index in [0.29, 0.717) is 5.75 Å². The number of allylic oxidation sites excluding steroid dienone is 1. The van der Waals surface area contributed by atoms with Crippen LogP contribution >= 0.6 is 0 Å². The van der Waals surface area contributed by atoms with Crippen molar-refractivity contribution in [2.24, 2.45) is 0 Å². The van der Waals surface area contributed by atoms with E-state index in [2.05, 4.69) is 6.08 Å². The van der Waals surface area contributed by atoms with Crippen LogP contribution in [0, 0.1) is 0 Å². The van der Waals surface area contributed by atoms with Gasteiger partial charge >= 0.3 is 5.97 Å². The van der Waals surface area contributed by atoms with E-state index in [1.165, 1.54) is 7.11 Å². The van der Waals surface area contributed by atoms with Crippen molar-refractivity contribution in [3.05, 3.63) is 34.9 Å². The zero-order valence-electron chi connectivity index (χ0n) is 8.49. The summed E-state index contributed by atoms with van der Waals surface area (Å²) in [6.45, 7) is 0. The molecule has 1 N–H and O–H groups in total. The van der Waals surface area contributed by atoms with E-state index in [-0.39, 0.29) is 5.56 Å². The number of aromatic carboxylic acids is 1. The largest absolute Gasteiger partial charge is 0.496 e. The van der Waals surface area contributed by atoms with Gasteiger partial charge in [0.2, 0.25) is 0 Å². The van der Waals surface area contributed by atoms with Gasteiger partial charge in [0, 0.05) is 0 Å². The summed E-state index contributed by atoms with van der Waals surface area (Å²) in [4.78, 5) is 11.0. The fraction of sp³-hybridized carbons (Fsp3) is 0.250. The SMILES string of the molecule is COc1cc2c(cc1C(=O)O)C=CCC2. The smallest absolute Gasteiger partial charge is 0.339 e. The summed E-state index contributed by atoms with van der Waals surface area (Å²) in [6, 6.07) is 3.49. The van der Waals surface area contributed by atoms with Gasteiger partial charge in [-0.1, -0.05) is 12.2 Å². The lowest BCUT2D eigenvalue weighted by molar-refractivity contribution is 0.0693. The van der Waals surface area contributed by atoms with Crippen LogP contribution in [0.25, 0.3) is 6.08 Å². The Morgan fingerprint density at radius 3 is 2.93 bits per heavy atom. The third-order valence-corrected chi connectivity index (χ3v) is 2.57. The van der Waals surface area contributed by atoms with E-state index in [4.69, 9.17) is 9.84 Å². The molecule has 0 bridgehead atoms. The van der Waals surface area contributed by atoms with Crippen molar-refractivity contribution < 1.29 is 14.6 Å². The Morgan fingerprint density at radius 2 is 2.27 bits per heavy atom. The molecular formula is C12H12O3. The summed E-state index contributed by atoms with van der Waals surface area (Å²) in [5.74, 6) is -0.509. The number of carboxylic acid groups (broad SMARTS) is 1. The number of benzene rings is 1. The molecule has 0 radical (unpaired) electrons. The minimum absolute atomic E-state index is 0.225. The number of rotatable bonds is 2. The number of ether oxygens (including phenoxy) is 1. The molecule has 0 amide bonds. The molecule has 0 unspecified atom stereocenters. The van der Waals surface area contributed by atoms with Crippen molar-refractivity contribution in [2.75, 3.05) is 7.11 Å². The molecule has 0 saturated carbocycles. The summed E-state index contributed by atoms with van der Waals surface area (Å²) in [6.07, 6.45) is 5.97. The lowest BCUT2D eigenvalue weighted by Gasteiger charge is -2.13. The number of fused-ring (bicyclic) bond motifs is 1.